The van der Waals surface area contributed by atoms with Crippen LogP contribution in [0.15, 0.2) is 24.7 Å². The maximum absolute atomic E-state index is 4.28. The second-order valence-electron chi connectivity index (χ2n) is 3.59. The SMILES string of the molecule is CC(C)NCc1cnn2cccnc12. The lowest BCUT2D eigenvalue weighted by molar-refractivity contribution is 0.590. The van der Waals surface area contributed by atoms with Gasteiger partial charge in [-0.2, -0.15) is 5.10 Å². The fourth-order valence-electron chi connectivity index (χ4n) is 1.32. The van der Waals surface area contributed by atoms with Crippen molar-refractivity contribution in [1.29, 1.82) is 0 Å². The van der Waals surface area contributed by atoms with Crippen LogP contribution in [0.5, 0.6) is 0 Å². The molecule has 2 heterocycles. The Hall–Kier alpha value is -1.42. The number of nitrogens with zero attached hydrogens (tertiary/aromatic N) is 3. The van der Waals surface area contributed by atoms with E-state index in [4.69, 9.17) is 0 Å². The van der Waals surface area contributed by atoms with Crippen LogP contribution in [-0.2, 0) is 6.54 Å². The molecule has 0 aliphatic rings. The first-order chi connectivity index (χ1) is 6.77. The van der Waals surface area contributed by atoms with E-state index in [2.05, 4.69) is 29.2 Å². The van der Waals surface area contributed by atoms with Crippen molar-refractivity contribution in [3.63, 3.8) is 0 Å². The zero-order valence-corrected chi connectivity index (χ0v) is 8.44. The second-order valence-corrected chi connectivity index (χ2v) is 3.59. The Morgan fingerprint density at radius 1 is 1.50 bits per heavy atom. The summed E-state index contributed by atoms with van der Waals surface area (Å²) in [6.07, 6.45) is 5.55. The molecule has 0 aliphatic heterocycles. The van der Waals surface area contributed by atoms with Gasteiger partial charge in [0.15, 0.2) is 5.65 Å². The van der Waals surface area contributed by atoms with Crippen LogP contribution in [0.1, 0.15) is 19.4 Å². The molecular weight excluding hydrogens is 176 g/mol. The van der Waals surface area contributed by atoms with Crippen LogP contribution in [0.3, 0.4) is 0 Å². The molecule has 2 aromatic rings. The Bertz CT molecular complexity index is 419. The van der Waals surface area contributed by atoms with E-state index in [9.17, 15) is 0 Å². The number of hydrogen-bond donors (Lipinski definition) is 1. The van der Waals surface area contributed by atoms with E-state index in [-0.39, 0.29) is 0 Å². The molecule has 0 spiro atoms. The van der Waals surface area contributed by atoms with E-state index in [1.54, 1.807) is 10.7 Å². The Labute approximate surface area is 83.0 Å². The quantitative estimate of drug-likeness (QED) is 0.791. The molecule has 0 fully saturated rings. The van der Waals surface area contributed by atoms with E-state index in [1.165, 1.54) is 0 Å². The summed E-state index contributed by atoms with van der Waals surface area (Å²) in [7, 11) is 0. The monoisotopic (exact) mass is 190 g/mol. The first kappa shape index (κ1) is 9.15. The molecule has 14 heavy (non-hydrogen) atoms. The highest BCUT2D eigenvalue weighted by Gasteiger charge is 2.04. The van der Waals surface area contributed by atoms with Crippen LogP contribution in [0, 0.1) is 0 Å². The Morgan fingerprint density at radius 2 is 2.36 bits per heavy atom. The van der Waals surface area contributed by atoms with Gasteiger partial charge >= 0.3 is 0 Å². The molecule has 0 amide bonds. The molecule has 0 atom stereocenters. The van der Waals surface area contributed by atoms with Gasteiger partial charge < -0.3 is 5.32 Å². The van der Waals surface area contributed by atoms with Crippen LogP contribution < -0.4 is 5.32 Å². The number of rotatable bonds is 3. The summed E-state index contributed by atoms with van der Waals surface area (Å²) in [4.78, 5) is 4.28. The molecule has 0 saturated carbocycles. The molecule has 4 nitrogen and oxygen atoms in total. The fourth-order valence-corrected chi connectivity index (χ4v) is 1.32. The number of fused-ring (bicyclic) bond motifs is 1. The highest BCUT2D eigenvalue weighted by atomic mass is 15.2. The van der Waals surface area contributed by atoms with Gasteiger partial charge in [-0.15, -0.1) is 0 Å². The van der Waals surface area contributed by atoms with E-state index < -0.39 is 0 Å². The molecule has 0 saturated heterocycles. The fraction of sp³-hybridized carbons (Fsp3) is 0.400. The second kappa shape index (κ2) is 3.75. The third-order valence-corrected chi connectivity index (χ3v) is 2.05. The first-order valence-corrected chi connectivity index (χ1v) is 4.78. The molecule has 2 aromatic heterocycles. The molecule has 0 aromatic carbocycles. The molecule has 0 unspecified atom stereocenters. The molecule has 0 bridgehead atoms. The predicted octanol–water partition coefficient (Wildman–Crippen LogP) is 1.23. The molecule has 4 heteroatoms. The lowest BCUT2D eigenvalue weighted by atomic mass is 10.3. The maximum atomic E-state index is 4.28. The van der Waals surface area contributed by atoms with E-state index in [0.717, 1.165) is 17.8 Å². The van der Waals surface area contributed by atoms with E-state index in [0.29, 0.717) is 6.04 Å². The van der Waals surface area contributed by atoms with Gasteiger partial charge in [-0.05, 0) is 6.07 Å². The smallest absolute Gasteiger partial charge is 0.159 e. The number of aromatic nitrogens is 3. The lowest BCUT2D eigenvalue weighted by Crippen LogP contribution is -2.21. The first-order valence-electron chi connectivity index (χ1n) is 4.78. The summed E-state index contributed by atoms with van der Waals surface area (Å²) in [5.41, 5.74) is 2.07. The predicted molar refractivity (Wildman–Crippen MR) is 55.0 cm³/mol. The summed E-state index contributed by atoms with van der Waals surface area (Å²) >= 11 is 0. The number of hydrogen-bond acceptors (Lipinski definition) is 3. The highest BCUT2D eigenvalue weighted by Crippen LogP contribution is 2.06. The molecule has 0 aliphatic carbocycles. The van der Waals surface area contributed by atoms with Gasteiger partial charge in [-0.1, -0.05) is 13.8 Å². The van der Waals surface area contributed by atoms with Crippen molar-refractivity contribution in [2.45, 2.75) is 26.4 Å². The normalized spacial score (nSPS) is 11.4. The average molecular weight is 190 g/mol. The largest absolute Gasteiger partial charge is 0.310 e. The van der Waals surface area contributed by atoms with Gasteiger partial charge in [0.2, 0.25) is 0 Å². The summed E-state index contributed by atoms with van der Waals surface area (Å²) in [5, 5.41) is 7.56. The third kappa shape index (κ3) is 1.75. The zero-order valence-electron chi connectivity index (χ0n) is 8.44. The average Bonchev–Trinajstić information content (AvgIpc) is 2.58. The van der Waals surface area contributed by atoms with E-state index >= 15 is 0 Å². The van der Waals surface area contributed by atoms with Crippen molar-refractivity contribution in [3.05, 3.63) is 30.2 Å². The molecule has 1 N–H and O–H groups in total. The van der Waals surface area contributed by atoms with Crippen molar-refractivity contribution in [3.8, 4) is 0 Å². The third-order valence-electron chi connectivity index (χ3n) is 2.05. The minimum atomic E-state index is 0.480. The van der Waals surface area contributed by atoms with Crippen molar-refractivity contribution in [2.24, 2.45) is 0 Å². The van der Waals surface area contributed by atoms with E-state index in [1.807, 2.05) is 18.5 Å². The minimum absolute atomic E-state index is 0.480. The molecule has 2 rings (SSSR count). The Balaban J connectivity index is 2.25. The van der Waals surface area contributed by atoms with Crippen molar-refractivity contribution in [1.82, 2.24) is 19.9 Å². The zero-order chi connectivity index (χ0) is 9.97. The molecule has 0 radical (unpaired) electrons. The molecule has 74 valence electrons. The van der Waals surface area contributed by atoms with Crippen molar-refractivity contribution in [2.75, 3.05) is 0 Å². The minimum Gasteiger partial charge on any atom is -0.310 e. The van der Waals surface area contributed by atoms with Crippen LogP contribution >= 0.6 is 0 Å². The lowest BCUT2D eigenvalue weighted by Gasteiger charge is -2.05. The summed E-state index contributed by atoms with van der Waals surface area (Å²) in [6.45, 7) is 5.07. The summed E-state index contributed by atoms with van der Waals surface area (Å²) in [5.74, 6) is 0. The van der Waals surface area contributed by atoms with Crippen molar-refractivity contribution >= 4 is 5.65 Å². The standard InChI is InChI=1S/C10H14N4/c1-8(2)12-6-9-7-13-14-5-3-4-11-10(9)14/h3-5,7-8,12H,6H2,1-2H3. The summed E-state index contributed by atoms with van der Waals surface area (Å²) in [6, 6.07) is 2.35. The van der Waals surface area contributed by atoms with Gasteiger partial charge in [0.1, 0.15) is 0 Å². The number of nitrogens with one attached hydrogen (secondary N) is 1. The van der Waals surface area contributed by atoms with Crippen molar-refractivity contribution < 1.29 is 0 Å². The van der Waals surface area contributed by atoms with Gasteiger partial charge in [-0.3, -0.25) is 0 Å². The Morgan fingerprint density at radius 3 is 3.14 bits per heavy atom. The van der Waals surface area contributed by atoms with Crippen LogP contribution in [0.2, 0.25) is 0 Å². The maximum Gasteiger partial charge on any atom is 0.159 e. The van der Waals surface area contributed by atoms with Crippen LogP contribution in [0.4, 0.5) is 0 Å². The highest BCUT2D eigenvalue weighted by molar-refractivity contribution is 5.45. The summed E-state index contributed by atoms with van der Waals surface area (Å²) < 4.78 is 1.79. The van der Waals surface area contributed by atoms with Crippen LogP contribution in [-0.4, -0.2) is 20.6 Å². The Kier molecular flexibility index (Phi) is 2.45. The van der Waals surface area contributed by atoms with Crippen LogP contribution in [0.25, 0.3) is 5.65 Å². The van der Waals surface area contributed by atoms with Gasteiger partial charge in [0, 0.05) is 30.5 Å². The van der Waals surface area contributed by atoms with Gasteiger partial charge in [0.25, 0.3) is 0 Å². The topological polar surface area (TPSA) is 42.2 Å². The van der Waals surface area contributed by atoms with Gasteiger partial charge in [0.05, 0.1) is 6.20 Å². The molecular formula is C10H14N4. The van der Waals surface area contributed by atoms with Gasteiger partial charge in [-0.25, -0.2) is 9.50 Å².